The van der Waals surface area contributed by atoms with E-state index in [0.717, 1.165) is 34.2 Å². The zero-order valence-corrected chi connectivity index (χ0v) is 25.5. The predicted molar refractivity (Wildman–Crippen MR) is 166 cm³/mol. The number of rotatable bonds is 0. The van der Waals surface area contributed by atoms with Crippen LogP contribution in [0.3, 0.4) is 0 Å². The minimum absolute atomic E-state index is 0. The fourth-order valence-electron chi connectivity index (χ4n) is 2.95. The van der Waals surface area contributed by atoms with Gasteiger partial charge in [-0.3, -0.25) is 15.0 Å². The molecule has 3 aromatic heterocycles. The molecule has 0 unspecified atom stereocenters. The molecular weight excluding hydrogens is 466 g/mol. The molecule has 0 saturated carbocycles. The van der Waals surface area contributed by atoms with Gasteiger partial charge >= 0.3 is 0 Å². The lowest BCUT2D eigenvalue weighted by Crippen LogP contribution is -2.16. The maximum absolute atomic E-state index is 4.60. The third-order valence-electron chi connectivity index (χ3n) is 5.99. The molecule has 0 N–H and O–H groups in total. The maximum atomic E-state index is 4.60. The van der Waals surface area contributed by atoms with Crippen molar-refractivity contribution in [2.24, 2.45) is 0 Å². The van der Waals surface area contributed by atoms with Gasteiger partial charge in [-0.25, -0.2) is 9.97 Å². The molecule has 38 heavy (non-hydrogen) atoms. The smallest absolute Gasteiger partial charge is 0.133 e. The van der Waals surface area contributed by atoms with E-state index in [-0.39, 0.29) is 31.1 Å². The standard InChI is InChI=1S/C12H19N.C10H16N2.C9H14N2.2CH4/c1-8-7-11(12(4,5)6)13-10(3)9(8)2;1-7-6-11-9(10(3,4)5)12-8(7)2;1-7-5-11-8(6-10-7)9(2,3)4;;/h7H,1-6H3;6H,1-5H3;5-6H,1-4H3;2*1H4. The quantitative estimate of drug-likeness (QED) is 0.294. The van der Waals surface area contributed by atoms with Crippen molar-refractivity contribution < 1.29 is 0 Å². The minimum Gasteiger partial charge on any atom is -0.258 e. The number of hydrogen-bond donors (Lipinski definition) is 0. The summed E-state index contributed by atoms with van der Waals surface area (Å²) in [4.78, 5) is 21.8. The van der Waals surface area contributed by atoms with Gasteiger partial charge in [0.25, 0.3) is 0 Å². The minimum atomic E-state index is 0. The Kier molecular flexibility index (Phi) is 14.3. The van der Waals surface area contributed by atoms with Crippen molar-refractivity contribution in [2.75, 3.05) is 0 Å². The second-order valence-corrected chi connectivity index (χ2v) is 12.8. The molecule has 0 bridgehead atoms. The normalized spacial score (nSPS) is 11.1. The van der Waals surface area contributed by atoms with E-state index in [9.17, 15) is 0 Å². The topological polar surface area (TPSA) is 64.5 Å². The average Bonchev–Trinajstić information content (AvgIpc) is 2.73. The van der Waals surface area contributed by atoms with E-state index in [1.165, 1.54) is 16.8 Å². The van der Waals surface area contributed by atoms with Gasteiger partial charge in [-0.05, 0) is 64.3 Å². The Hall–Kier alpha value is -2.69. The highest BCUT2D eigenvalue weighted by molar-refractivity contribution is 5.32. The lowest BCUT2D eigenvalue weighted by atomic mass is 9.90. The van der Waals surface area contributed by atoms with Crippen molar-refractivity contribution in [1.29, 1.82) is 0 Å². The summed E-state index contributed by atoms with van der Waals surface area (Å²) in [6, 6.07) is 2.20. The van der Waals surface area contributed by atoms with Crippen molar-refractivity contribution in [3.05, 3.63) is 75.6 Å². The molecule has 0 saturated heterocycles. The molecule has 214 valence electrons. The summed E-state index contributed by atoms with van der Waals surface area (Å²) in [5, 5.41) is 0. The summed E-state index contributed by atoms with van der Waals surface area (Å²) >= 11 is 0. The molecule has 5 heteroatoms. The van der Waals surface area contributed by atoms with Crippen LogP contribution in [0.5, 0.6) is 0 Å². The van der Waals surface area contributed by atoms with Crippen molar-refractivity contribution in [3.8, 4) is 0 Å². The van der Waals surface area contributed by atoms with E-state index in [4.69, 9.17) is 0 Å². The van der Waals surface area contributed by atoms with Gasteiger partial charge < -0.3 is 0 Å². The molecule has 3 rings (SSSR count). The molecule has 0 aliphatic rings. The first-order valence-electron chi connectivity index (χ1n) is 12.8. The van der Waals surface area contributed by atoms with E-state index in [2.05, 4.69) is 114 Å². The maximum Gasteiger partial charge on any atom is 0.133 e. The Labute approximate surface area is 235 Å². The average molecular weight is 524 g/mol. The summed E-state index contributed by atoms with van der Waals surface area (Å²) in [6.07, 6.45) is 5.54. The molecule has 3 aromatic rings. The highest BCUT2D eigenvalue weighted by Crippen LogP contribution is 2.23. The summed E-state index contributed by atoms with van der Waals surface area (Å²) < 4.78 is 0. The molecule has 0 aliphatic heterocycles. The molecule has 0 amide bonds. The number of nitrogens with zero attached hydrogens (tertiary/aromatic N) is 5. The molecule has 0 fully saturated rings. The molecule has 5 nitrogen and oxygen atoms in total. The van der Waals surface area contributed by atoms with Gasteiger partial charge in [-0.2, -0.15) is 0 Å². The van der Waals surface area contributed by atoms with Gasteiger partial charge in [0.2, 0.25) is 0 Å². The van der Waals surface area contributed by atoms with Crippen LogP contribution in [0.1, 0.15) is 128 Å². The molecule has 0 aliphatic carbocycles. The monoisotopic (exact) mass is 523 g/mol. The predicted octanol–water partition coefficient (Wildman–Crippen LogP) is 9.05. The largest absolute Gasteiger partial charge is 0.258 e. The molecular formula is C33H57N5. The lowest BCUT2D eigenvalue weighted by Gasteiger charge is -2.20. The van der Waals surface area contributed by atoms with Gasteiger partial charge in [0.1, 0.15) is 5.82 Å². The SMILES string of the molecule is C.C.Cc1cc(C(C)(C)C)nc(C)c1C.Cc1cnc(C(C)(C)C)cn1.Cc1cnc(C(C)(C)C)nc1C. The van der Waals surface area contributed by atoms with Crippen LogP contribution in [-0.4, -0.2) is 24.9 Å². The fourth-order valence-corrected chi connectivity index (χ4v) is 2.95. The van der Waals surface area contributed by atoms with Gasteiger partial charge in [-0.15, -0.1) is 0 Å². The summed E-state index contributed by atoms with van der Waals surface area (Å²) in [7, 11) is 0. The van der Waals surface area contributed by atoms with Crippen LogP contribution in [0.2, 0.25) is 0 Å². The highest BCUT2D eigenvalue weighted by Gasteiger charge is 2.18. The Balaban J connectivity index is 0. The zero-order valence-electron chi connectivity index (χ0n) is 25.5. The summed E-state index contributed by atoms with van der Waals surface area (Å²) in [5.74, 6) is 0.922. The second kappa shape index (κ2) is 14.5. The van der Waals surface area contributed by atoms with Crippen molar-refractivity contribution >= 4 is 0 Å². The zero-order chi connectivity index (χ0) is 28.1. The fraction of sp³-hybridized carbons (Fsp3) is 0.606. The van der Waals surface area contributed by atoms with Gasteiger partial charge in [0, 0.05) is 51.9 Å². The van der Waals surface area contributed by atoms with Crippen LogP contribution < -0.4 is 0 Å². The van der Waals surface area contributed by atoms with Crippen LogP contribution in [0.4, 0.5) is 0 Å². The van der Waals surface area contributed by atoms with E-state index < -0.39 is 0 Å². The van der Waals surface area contributed by atoms with E-state index >= 15 is 0 Å². The van der Waals surface area contributed by atoms with Crippen molar-refractivity contribution in [2.45, 2.75) is 135 Å². The number of aromatic nitrogens is 5. The second-order valence-electron chi connectivity index (χ2n) is 12.8. The molecule has 0 atom stereocenters. The Morgan fingerprint density at radius 3 is 1.39 bits per heavy atom. The van der Waals surface area contributed by atoms with E-state index in [1.54, 1.807) is 6.20 Å². The van der Waals surface area contributed by atoms with Crippen LogP contribution in [-0.2, 0) is 16.2 Å². The van der Waals surface area contributed by atoms with Crippen LogP contribution in [0.25, 0.3) is 0 Å². The van der Waals surface area contributed by atoms with Crippen LogP contribution >= 0.6 is 0 Å². The van der Waals surface area contributed by atoms with Gasteiger partial charge in [0.05, 0.1) is 11.4 Å². The summed E-state index contributed by atoms with van der Waals surface area (Å²) in [6.45, 7) is 31.7. The Bertz CT molecular complexity index is 1100. The third-order valence-corrected chi connectivity index (χ3v) is 5.99. The van der Waals surface area contributed by atoms with Gasteiger partial charge in [-0.1, -0.05) is 77.2 Å². The first-order chi connectivity index (χ1) is 16.2. The molecule has 0 aromatic carbocycles. The highest BCUT2D eigenvalue weighted by atomic mass is 14.9. The summed E-state index contributed by atoms with van der Waals surface area (Å²) in [5.41, 5.74) is 9.57. The number of pyridine rings is 1. The van der Waals surface area contributed by atoms with E-state index in [1.807, 2.05) is 33.2 Å². The van der Waals surface area contributed by atoms with Crippen molar-refractivity contribution in [1.82, 2.24) is 24.9 Å². The Morgan fingerprint density at radius 1 is 0.500 bits per heavy atom. The molecule has 0 spiro atoms. The lowest BCUT2D eigenvalue weighted by molar-refractivity contribution is 0.542. The Morgan fingerprint density at radius 2 is 1.03 bits per heavy atom. The molecule has 3 heterocycles. The van der Waals surface area contributed by atoms with Crippen LogP contribution in [0.15, 0.2) is 24.7 Å². The number of aryl methyl sites for hydroxylation is 5. The van der Waals surface area contributed by atoms with Crippen LogP contribution in [0, 0.1) is 41.5 Å². The first kappa shape index (κ1) is 37.5. The first-order valence-corrected chi connectivity index (χ1v) is 12.8. The molecule has 0 radical (unpaired) electrons. The van der Waals surface area contributed by atoms with E-state index in [0.29, 0.717) is 0 Å². The third kappa shape index (κ3) is 11.8. The van der Waals surface area contributed by atoms with Gasteiger partial charge in [0.15, 0.2) is 0 Å². The number of hydrogen-bond acceptors (Lipinski definition) is 5. The van der Waals surface area contributed by atoms with Crippen molar-refractivity contribution in [3.63, 3.8) is 0 Å².